The van der Waals surface area contributed by atoms with Crippen molar-refractivity contribution in [2.75, 3.05) is 31.1 Å². The van der Waals surface area contributed by atoms with Crippen molar-refractivity contribution in [3.63, 3.8) is 0 Å². The topological polar surface area (TPSA) is 56.1 Å². The van der Waals surface area contributed by atoms with Crippen LogP contribution in [0, 0.1) is 6.92 Å². The number of para-hydroxylation sites is 2. The third-order valence-electron chi connectivity index (χ3n) is 4.84. The van der Waals surface area contributed by atoms with Crippen molar-refractivity contribution in [3.05, 3.63) is 64.6 Å². The molecular formula is C21H21N3O2S. The summed E-state index contributed by atoms with van der Waals surface area (Å²) in [6, 6.07) is 15.4. The van der Waals surface area contributed by atoms with Gasteiger partial charge in [-0.2, -0.15) is 4.99 Å². The summed E-state index contributed by atoms with van der Waals surface area (Å²) in [4.78, 5) is 21.6. The van der Waals surface area contributed by atoms with Crippen molar-refractivity contribution < 1.29 is 9.90 Å². The number of aromatic hydroxyl groups is 1. The number of amidine groups is 1. The van der Waals surface area contributed by atoms with Gasteiger partial charge in [0.1, 0.15) is 5.75 Å². The average Bonchev–Trinajstić information content (AvgIpc) is 3.05. The summed E-state index contributed by atoms with van der Waals surface area (Å²) in [7, 11) is 0. The quantitative estimate of drug-likeness (QED) is 0.810. The molecule has 2 aromatic carbocycles. The molecule has 1 fully saturated rings. The van der Waals surface area contributed by atoms with Crippen LogP contribution < -0.4 is 4.90 Å². The van der Waals surface area contributed by atoms with E-state index in [0.29, 0.717) is 10.5 Å². The highest BCUT2D eigenvalue weighted by molar-refractivity contribution is 8.18. The Morgan fingerprint density at radius 1 is 1.00 bits per heavy atom. The van der Waals surface area contributed by atoms with Crippen LogP contribution in [-0.4, -0.2) is 47.3 Å². The summed E-state index contributed by atoms with van der Waals surface area (Å²) < 4.78 is 0. The number of carbonyl (C=O) groups is 1. The van der Waals surface area contributed by atoms with Gasteiger partial charge >= 0.3 is 0 Å². The van der Waals surface area contributed by atoms with Gasteiger partial charge in [0.15, 0.2) is 5.17 Å². The van der Waals surface area contributed by atoms with Crippen molar-refractivity contribution >= 4 is 34.6 Å². The molecule has 138 valence electrons. The Labute approximate surface area is 163 Å². The van der Waals surface area contributed by atoms with Gasteiger partial charge in [-0.15, -0.1) is 0 Å². The minimum Gasteiger partial charge on any atom is -0.507 e. The van der Waals surface area contributed by atoms with E-state index in [1.165, 1.54) is 23.0 Å². The smallest absolute Gasteiger partial charge is 0.286 e. The molecule has 1 N–H and O–H groups in total. The van der Waals surface area contributed by atoms with E-state index < -0.39 is 0 Å². The minimum atomic E-state index is -0.236. The van der Waals surface area contributed by atoms with E-state index in [1.807, 2.05) is 6.07 Å². The predicted molar refractivity (Wildman–Crippen MR) is 111 cm³/mol. The number of phenols is 1. The van der Waals surface area contributed by atoms with Gasteiger partial charge in [-0.05, 0) is 42.5 Å². The number of aryl methyl sites for hydroxylation is 1. The first-order chi connectivity index (χ1) is 13.1. The third kappa shape index (κ3) is 3.71. The van der Waals surface area contributed by atoms with Gasteiger partial charge in [0.2, 0.25) is 0 Å². The van der Waals surface area contributed by atoms with Crippen molar-refractivity contribution in [1.29, 1.82) is 0 Å². The molecule has 2 heterocycles. The van der Waals surface area contributed by atoms with Crippen LogP contribution in [0.2, 0.25) is 0 Å². The number of anilines is 1. The zero-order valence-corrected chi connectivity index (χ0v) is 15.9. The number of aliphatic imine (C=N–C) groups is 1. The molecule has 6 heteroatoms. The Balaban J connectivity index is 1.43. The second-order valence-electron chi connectivity index (χ2n) is 6.63. The molecule has 1 saturated heterocycles. The summed E-state index contributed by atoms with van der Waals surface area (Å²) >= 11 is 1.39. The number of amides is 1. The normalized spacial score (nSPS) is 18.9. The maximum absolute atomic E-state index is 12.3. The zero-order chi connectivity index (χ0) is 18.8. The van der Waals surface area contributed by atoms with Gasteiger partial charge in [0, 0.05) is 37.4 Å². The molecule has 0 unspecified atom stereocenters. The molecule has 5 nitrogen and oxygen atoms in total. The summed E-state index contributed by atoms with van der Waals surface area (Å²) in [6.07, 6.45) is 1.71. The van der Waals surface area contributed by atoms with Gasteiger partial charge in [-0.1, -0.05) is 36.4 Å². The number of rotatable bonds is 2. The van der Waals surface area contributed by atoms with Crippen LogP contribution in [0.25, 0.3) is 6.08 Å². The maximum Gasteiger partial charge on any atom is 0.286 e. The van der Waals surface area contributed by atoms with E-state index in [9.17, 15) is 9.90 Å². The van der Waals surface area contributed by atoms with Crippen LogP contribution in [0.15, 0.2) is 58.4 Å². The van der Waals surface area contributed by atoms with Crippen LogP contribution in [0.4, 0.5) is 5.69 Å². The Morgan fingerprint density at radius 3 is 2.41 bits per heavy atom. The lowest BCUT2D eigenvalue weighted by molar-refractivity contribution is -0.113. The van der Waals surface area contributed by atoms with Gasteiger partial charge < -0.3 is 14.9 Å². The molecule has 0 spiro atoms. The SMILES string of the molecule is Cc1ccccc1N1CCN(C2=NC(=O)C(=Cc3ccccc3O)S2)CC1. The number of phenolic OH excluding ortho intramolecular Hbond substituents is 1. The molecule has 2 aliphatic heterocycles. The highest BCUT2D eigenvalue weighted by Crippen LogP contribution is 2.32. The third-order valence-corrected chi connectivity index (χ3v) is 5.88. The molecule has 0 radical (unpaired) electrons. The second kappa shape index (κ2) is 7.48. The average molecular weight is 379 g/mol. The monoisotopic (exact) mass is 379 g/mol. The van der Waals surface area contributed by atoms with Crippen LogP contribution in [-0.2, 0) is 4.79 Å². The number of hydrogen-bond acceptors (Lipinski definition) is 5. The van der Waals surface area contributed by atoms with Crippen LogP contribution in [0.1, 0.15) is 11.1 Å². The second-order valence-corrected chi connectivity index (χ2v) is 7.64. The van der Waals surface area contributed by atoms with Crippen molar-refractivity contribution in [2.24, 2.45) is 4.99 Å². The lowest BCUT2D eigenvalue weighted by Gasteiger charge is -2.37. The minimum absolute atomic E-state index is 0.165. The van der Waals surface area contributed by atoms with Gasteiger partial charge in [-0.25, -0.2) is 0 Å². The number of benzene rings is 2. The maximum atomic E-state index is 12.3. The van der Waals surface area contributed by atoms with Crippen LogP contribution in [0.3, 0.4) is 0 Å². The van der Waals surface area contributed by atoms with Crippen molar-refractivity contribution in [2.45, 2.75) is 6.92 Å². The number of carbonyl (C=O) groups excluding carboxylic acids is 1. The molecule has 4 rings (SSSR count). The van der Waals surface area contributed by atoms with Crippen molar-refractivity contribution in [3.8, 4) is 5.75 Å². The molecule has 1 amide bonds. The Morgan fingerprint density at radius 2 is 1.67 bits per heavy atom. The lowest BCUT2D eigenvalue weighted by atomic mass is 10.1. The highest BCUT2D eigenvalue weighted by Gasteiger charge is 2.28. The number of nitrogens with zero attached hydrogens (tertiary/aromatic N) is 3. The van der Waals surface area contributed by atoms with E-state index in [-0.39, 0.29) is 11.7 Å². The first-order valence-corrected chi connectivity index (χ1v) is 9.79. The zero-order valence-electron chi connectivity index (χ0n) is 15.1. The lowest BCUT2D eigenvalue weighted by Crippen LogP contribution is -2.48. The fraction of sp³-hybridized carbons (Fsp3) is 0.238. The van der Waals surface area contributed by atoms with Gasteiger partial charge in [0.25, 0.3) is 5.91 Å². The molecule has 2 aliphatic rings. The van der Waals surface area contributed by atoms with Gasteiger partial charge in [-0.3, -0.25) is 4.79 Å². The van der Waals surface area contributed by atoms with Gasteiger partial charge in [0.05, 0.1) is 4.91 Å². The number of piperazine rings is 1. The summed E-state index contributed by atoms with van der Waals surface area (Å²) in [5, 5.41) is 10.7. The Kier molecular flexibility index (Phi) is 4.90. The van der Waals surface area contributed by atoms with Crippen molar-refractivity contribution in [1.82, 2.24) is 4.90 Å². The molecule has 0 aromatic heterocycles. The Bertz CT molecular complexity index is 931. The molecule has 27 heavy (non-hydrogen) atoms. The van der Waals surface area contributed by atoms with E-state index in [0.717, 1.165) is 31.3 Å². The number of thioether (sulfide) groups is 1. The van der Waals surface area contributed by atoms with E-state index in [4.69, 9.17) is 0 Å². The molecule has 0 bridgehead atoms. The van der Waals surface area contributed by atoms with Crippen LogP contribution >= 0.6 is 11.8 Å². The first kappa shape index (κ1) is 17.7. The molecule has 2 aromatic rings. The summed E-state index contributed by atoms with van der Waals surface area (Å²) in [5.41, 5.74) is 3.19. The molecule has 0 aliphatic carbocycles. The van der Waals surface area contributed by atoms with E-state index in [2.05, 4.69) is 46.0 Å². The Hall–Kier alpha value is -2.73. The standard InChI is InChI=1S/C21H21N3O2S/c1-15-6-2-4-8-17(15)23-10-12-24(13-11-23)21-22-20(26)19(27-21)14-16-7-3-5-9-18(16)25/h2-9,14,25H,10-13H2,1H3. The molecular weight excluding hydrogens is 358 g/mol. The summed E-state index contributed by atoms with van der Waals surface area (Å²) in [5.74, 6) is -0.0710. The summed E-state index contributed by atoms with van der Waals surface area (Å²) in [6.45, 7) is 5.59. The van der Waals surface area contributed by atoms with Crippen LogP contribution in [0.5, 0.6) is 5.75 Å². The fourth-order valence-corrected chi connectivity index (χ4v) is 4.30. The molecule has 0 saturated carbocycles. The fourth-order valence-electron chi connectivity index (χ4n) is 3.34. The van der Waals surface area contributed by atoms with E-state index >= 15 is 0 Å². The predicted octanol–water partition coefficient (Wildman–Crippen LogP) is 3.49. The largest absolute Gasteiger partial charge is 0.507 e. The van der Waals surface area contributed by atoms with E-state index in [1.54, 1.807) is 24.3 Å². The first-order valence-electron chi connectivity index (χ1n) is 8.98. The highest BCUT2D eigenvalue weighted by atomic mass is 32.2. The number of hydrogen-bond donors (Lipinski definition) is 1. The molecule has 0 atom stereocenters.